The van der Waals surface area contributed by atoms with E-state index in [2.05, 4.69) is 26.1 Å². The third-order valence-corrected chi connectivity index (χ3v) is 9.68. The second-order valence-electron chi connectivity index (χ2n) is 13.0. The lowest BCUT2D eigenvalue weighted by atomic mass is 9.77. The van der Waals surface area contributed by atoms with Crippen LogP contribution in [-0.2, 0) is 31.6 Å². The summed E-state index contributed by atoms with van der Waals surface area (Å²) in [5.74, 6) is -1.44. The molecule has 1 saturated heterocycles. The molecule has 0 saturated carbocycles. The summed E-state index contributed by atoms with van der Waals surface area (Å²) < 4.78 is 42.7. The van der Waals surface area contributed by atoms with Gasteiger partial charge in [0.05, 0.1) is 33.7 Å². The molecular weight excluding hydrogens is 740 g/mol. The van der Waals surface area contributed by atoms with Gasteiger partial charge < -0.3 is 14.2 Å². The highest BCUT2D eigenvalue weighted by Gasteiger charge is 2.44. The molecule has 4 amide bonds. The number of halogens is 1. The van der Waals surface area contributed by atoms with Gasteiger partial charge in [-0.25, -0.2) is 18.4 Å². The van der Waals surface area contributed by atoms with Crippen molar-refractivity contribution in [2.75, 3.05) is 24.2 Å². The van der Waals surface area contributed by atoms with E-state index in [-0.39, 0.29) is 71.8 Å². The third kappa shape index (κ3) is 8.12. The molecule has 1 fully saturated rings. The molecule has 0 radical (unpaired) electrons. The van der Waals surface area contributed by atoms with Gasteiger partial charge in [0.25, 0.3) is 11.8 Å². The number of carbonyl (C=O) groups excluding carboxylic acids is 4. The molecule has 0 spiro atoms. The molecular formula is C37H33ClN6O9S. The van der Waals surface area contributed by atoms with E-state index in [9.17, 15) is 32.9 Å². The average molecular weight is 773 g/mol. The summed E-state index contributed by atoms with van der Waals surface area (Å²) in [6.45, 7) is 4.06. The first-order valence-electron chi connectivity index (χ1n) is 16.5. The van der Waals surface area contributed by atoms with Crippen molar-refractivity contribution in [3.8, 4) is 23.3 Å². The highest BCUT2D eigenvalue weighted by molar-refractivity contribution is 7.92. The SMILES string of the molecule is CC(C)(c1ccc(OCc2ccnc(NS(C)(=O)=O)n2)cc1)c1cc(Cl)c(OCCOc2ccc3c(c2)C(=O)N(C2CCC(=O)NC2=O)C3=O)c(C#N)c1. The van der Waals surface area contributed by atoms with E-state index in [1.165, 1.54) is 24.4 Å². The summed E-state index contributed by atoms with van der Waals surface area (Å²) in [7, 11) is -3.52. The van der Waals surface area contributed by atoms with Gasteiger partial charge in [0, 0.05) is 18.0 Å². The second-order valence-corrected chi connectivity index (χ2v) is 15.1. The number of sulfonamides is 1. The molecule has 3 heterocycles. The number of rotatable bonds is 13. The van der Waals surface area contributed by atoms with Crippen LogP contribution in [-0.4, -0.2) is 72.4 Å². The van der Waals surface area contributed by atoms with Crippen molar-refractivity contribution in [2.24, 2.45) is 0 Å². The van der Waals surface area contributed by atoms with E-state index in [0.717, 1.165) is 22.3 Å². The van der Waals surface area contributed by atoms with Crippen molar-refractivity contribution < 1.29 is 41.8 Å². The van der Waals surface area contributed by atoms with E-state index in [1.54, 1.807) is 30.3 Å². The number of amides is 4. The molecule has 17 heteroatoms. The summed E-state index contributed by atoms with van der Waals surface area (Å²) in [6.07, 6.45) is 2.52. The molecule has 1 aromatic heterocycles. The normalized spacial score (nSPS) is 15.7. The molecule has 54 heavy (non-hydrogen) atoms. The molecule has 2 aliphatic heterocycles. The number of aromatic nitrogens is 2. The van der Waals surface area contributed by atoms with E-state index in [1.807, 2.05) is 26.0 Å². The number of anilines is 1. The molecule has 1 atom stereocenters. The fourth-order valence-electron chi connectivity index (χ4n) is 6.01. The number of imide groups is 2. The van der Waals surface area contributed by atoms with Crippen LogP contribution < -0.4 is 24.2 Å². The number of hydrogen-bond acceptors (Lipinski definition) is 12. The first kappa shape index (κ1) is 37.7. The van der Waals surface area contributed by atoms with Gasteiger partial charge in [-0.1, -0.05) is 37.6 Å². The number of carbonyl (C=O) groups is 4. The minimum atomic E-state index is -3.52. The Morgan fingerprint density at radius 2 is 1.65 bits per heavy atom. The van der Waals surface area contributed by atoms with E-state index >= 15 is 0 Å². The quantitative estimate of drug-likeness (QED) is 0.145. The van der Waals surface area contributed by atoms with Crippen LogP contribution in [0.25, 0.3) is 0 Å². The number of ether oxygens (including phenoxy) is 3. The molecule has 0 aliphatic carbocycles. The zero-order valence-corrected chi connectivity index (χ0v) is 30.8. The van der Waals surface area contributed by atoms with Crippen molar-refractivity contribution in [3.05, 3.63) is 105 Å². The van der Waals surface area contributed by atoms with Crippen LogP contribution in [0.1, 0.15) is 69.8 Å². The second kappa shape index (κ2) is 15.1. The first-order valence-corrected chi connectivity index (χ1v) is 18.8. The molecule has 2 N–H and O–H groups in total. The van der Waals surface area contributed by atoms with Gasteiger partial charge >= 0.3 is 0 Å². The van der Waals surface area contributed by atoms with Crippen LogP contribution in [0, 0.1) is 11.3 Å². The Balaban J connectivity index is 1.06. The lowest BCUT2D eigenvalue weighted by Crippen LogP contribution is -2.54. The monoisotopic (exact) mass is 772 g/mol. The molecule has 15 nitrogen and oxygen atoms in total. The molecule has 2 aliphatic rings. The number of nitrogens with one attached hydrogen (secondary N) is 2. The van der Waals surface area contributed by atoms with Crippen LogP contribution in [0.2, 0.25) is 5.02 Å². The molecule has 0 bridgehead atoms. The Morgan fingerprint density at radius 1 is 0.944 bits per heavy atom. The summed E-state index contributed by atoms with van der Waals surface area (Å²) in [5, 5.41) is 12.4. The largest absolute Gasteiger partial charge is 0.490 e. The number of fused-ring (bicyclic) bond motifs is 1. The van der Waals surface area contributed by atoms with Gasteiger partial charge in [0.2, 0.25) is 27.8 Å². The van der Waals surface area contributed by atoms with E-state index < -0.39 is 45.1 Å². The first-order chi connectivity index (χ1) is 25.6. The maximum absolute atomic E-state index is 13.1. The summed E-state index contributed by atoms with van der Waals surface area (Å²) in [5.41, 5.74) is 1.99. The number of nitrogens with zero attached hydrogens (tertiary/aromatic N) is 4. The minimum Gasteiger partial charge on any atom is -0.490 e. The van der Waals surface area contributed by atoms with E-state index in [4.69, 9.17) is 25.8 Å². The van der Waals surface area contributed by atoms with Crippen LogP contribution in [0.3, 0.4) is 0 Å². The highest BCUT2D eigenvalue weighted by Crippen LogP contribution is 2.39. The molecule has 278 valence electrons. The average Bonchev–Trinajstić information content (AvgIpc) is 3.37. The smallest absolute Gasteiger partial charge is 0.262 e. The van der Waals surface area contributed by atoms with Gasteiger partial charge in [-0.3, -0.25) is 34.1 Å². The molecule has 4 aromatic rings. The number of hydrogen-bond donors (Lipinski definition) is 2. The fourth-order valence-corrected chi connectivity index (χ4v) is 6.71. The maximum atomic E-state index is 13.1. The zero-order valence-electron chi connectivity index (χ0n) is 29.2. The molecule has 3 aromatic carbocycles. The maximum Gasteiger partial charge on any atom is 0.262 e. The van der Waals surface area contributed by atoms with Gasteiger partial charge in [-0.05, 0) is 66.1 Å². The van der Waals surface area contributed by atoms with E-state index in [0.29, 0.717) is 11.4 Å². The van der Waals surface area contributed by atoms with Gasteiger partial charge in [0.1, 0.15) is 43.4 Å². The number of piperidine rings is 1. The predicted molar refractivity (Wildman–Crippen MR) is 194 cm³/mol. The van der Waals surface area contributed by atoms with Gasteiger partial charge in [-0.15, -0.1) is 0 Å². The summed E-state index contributed by atoms with van der Waals surface area (Å²) in [6, 6.07) is 17.9. The Bertz CT molecular complexity index is 2330. The predicted octanol–water partition coefficient (Wildman–Crippen LogP) is 4.14. The Kier molecular flexibility index (Phi) is 10.6. The zero-order chi connectivity index (χ0) is 38.8. The van der Waals surface area contributed by atoms with Crippen LogP contribution in [0.15, 0.2) is 66.9 Å². The van der Waals surface area contributed by atoms with Crippen molar-refractivity contribution in [3.63, 3.8) is 0 Å². The third-order valence-electron chi connectivity index (χ3n) is 8.85. The topological polar surface area (TPSA) is 207 Å². The van der Waals surface area contributed by atoms with Crippen molar-refractivity contribution >= 4 is 51.2 Å². The van der Waals surface area contributed by atoms with Crippen LogP contribution >= 0.6 is 11.6 Å². The molecule has 1 unspecified atom stereocenters. The fraction of sp³-hybridized carbons (Fsp3) is 0.270. The van der Waals surface area contributed by atoms with Crippen molar-refractivity contribution in [1.29, 1.82) is 5.26 Å². The van der Waals surface area contributed by atoms with Crippen LogP contribution in [0.5, 0.6) is 17.2 Å². The van der Waals surface area contributed by atoms with Gasteiger partial charge in [0.15, 0.2) is 5.75 Å². The highest BCUT2D eigenvalue weighted by atomic mass is 35.5. The summed E-state index contributed by atoms with van der Waals surface area (Å²) in [4.78, 5) is 58.9. The number of benzene rings is 3. The summed E-state index contributed by atoms with van der Waals surface area (Å²) >= 11 is 6.66. The lowest BCUT2D eigenvalue weighted by Gasteiger charge is -2.27. The standard InChI is InChI=1S/C37H33ClN6O9S/c1-37(2,22-4-6-25(7-5-22)53-20-24-12-13-40-36(41-24)43-54(3,49)50)23-16-21(19-39)32(29(38)17-23)52-15-14-51-26-8-9-27-28(18-26)35(48)44(34(27)47)30-10-11-31(45)42-33(30)46/h4-9,12-13,16-18,30H,10-11,14-15,20H2,1-3H3,(H,40,41,43)(H,42,45,46). The Labute approximate surface area is 315 Å². The molecule has 6 rings (SSSR count). The lowest BCUT2D eigenvalue weighted by molar-refractivity contribution is -0.136. The van der Waals surface area contributed by atoms with Gasteiger partial charge in [-0.2, -0.15) is 5.26 Å². The van der Waals surface area contributed by atoms with Crippen LogP contribution in [0.4, 0.5) is 5.95 Å². The Hall–Kier alpha value is -6.05. The minimum absolute atomic E-state index is 0.00446. The van der Waals surface area contributed by atoms with Crippen molar-refractivity contribution in [2.45, 2.75) is 44.8 Å². The van der Waals surface area contributed by atoms with Crippen molar-refractivity contribution in [1.82, 2.24) is 20.2 Å². The number of nitriles is 1. The Morgan fingerprint density at radius 3 is 2.35 bits per heavy atom.